The highest BCUT2D eigenvalue weighted by Gasteiger charge is 2.19. The van der Waals surface area contributed by atoms with Gasteiger partial charge in [0.2, 0.25) is 0 Å². The fourth-order valence-corrected chi connectivity index (χ4v) is 2.43. The maximum Gasteiger partial charge on any atom is 0.270 e. The van der Waals surface area contributed by atoms with E-state index in [0.717, 1.165) is 11.6 Å². The van der Waals surface area contributed by atoms with Gasteiger partial charge in [0.05, 0.1) is 21.6 Å². The molecule has 0 heterocycles. The molecule has 7 heteroatoms. The zero-order valence-electron chi connectivity index (χ0n) is 12.1. The van der Waals surface area contributed by atoms with E-state index in [-0.39, 0.29) is 28.9 Å². The summed E-state index contributed by atoms with van der Waals surface area (Å²) in [4.78, 5) is 22.5. The number of hydrogen-bond donors (Lipinski definition) is 2. The summed E-state index contributed by atoms with van der Waals surface area (Å²) in [7, 11) is 0. The number of carbonyl (C=O) groups excluding carboxylic acids is 1. The fourth-order valence-electron chi connectivity index (χ4n) is 2.17. The molecule has 2 aromatic rings. The van der Waals surface area contributed by atoms with Crippen LogP contribution in [0.1, 0.15) is 28.4 Å². The van der Waals surface area contributed by atoms with Gasteiger partial charge < -0.3 is 10.4 Å². The van der Waals surface area contributed by atoms with Crippen molar-refractivity contribution in [1.82, 2.24) is 5.32 Å². The van der Waals surface area contributed by atoms with E-state index >= 15 is 0 Å². The van der Waals surface area contributed by atoms with Gasteiger partial charge in [0.1, 0.15) is 0 Å². The average Bonchev–Trinajstić information content (AvgIpc) is 2.55. The highest BCUT2D eigenvalue weighted by molar-refractivity contribution is 6.34. The Kier molecular flexibility index (Phi) is 5.67. The quantitative estimate of drug-likeness (QED) is 0.627. The molecule has 6 nitrogen and oxygen atoms in total. The van der Waals surface area contributed by atoms with Crippen LogP contribution in [0, 0.1) is 10.1 Å². The highest BCUT2D eigenvalue weighted by Crippen LogP contribution is 2.24. The maximum absolute atomic E-state index is 12.4. The third-order valence-electron chi connectivity index (χ3n) is 3.33. The number of aliphatic hydroxyl groups is 1. The Morgan fingerprint density at radius 3 is 2.52 bits per heavy atom. The molecule has 120 valence electrons. The smallest absolute Gasteiger partial charge is 0.270 e. The molecule has 0 aliphatic rings. The molecular formula is C16H15ClN2O4. The summed E-state index contributed by atoms with van der Waals surface area (Å²) in [6, 6.07) is 12.5. The van der Waals surface area contributed by atoms with Gasteiger partial charge in [-0.2, -0.15) is 0 Å². The van der Waals surface area contributed by atoms with Crippen molar-refractivity contribution < 1.29 is 14.8 Å². The largest absolute Gasteiger partial charge is 0.396 e. The normalized spacial score (nSPS) is 11.7. The number of rotatable bonds is 6. The van der Waals surface area contributed by atoms with Crippen LogP contribution in [0.4, 0.5) is 5.69 Å². The summed E-state index contributed by atoms with van der Waals surface area (Å²) in [6.45, 7) is -0.0894. The van der Waals surface area contributed by atoms with Gasteiger partial charge in [-0.05, 0) is 18.1 Å². The molecule has 0 saturated carbocycles. The number of carbonyl (C=O) groups is 1. The van der Waals surface area contributed by atoms with Gasteiger partial charge in [-0.3, -0.25) is 14.9 Å². The molecule has 1 atom stereocenters. The number of nitrogens with one attached hydrogen (secondary N) is 1. The molecule has 0 aliphatic carbocycles. The molecule has 0 saturated heterocycles. The first-order valence-electron chi connectivity index (χ1n) is 6.93. The number of benzene rings is 2. The van der Waals surface area contributed by atoms with E-state index in [2.05, 4.69) is 5.32 Å². The second kappa shape index (κ2) is 7.71. The summed E-state index contributed by atoms with van der Waals surface area (Å²) in [5.41, 5.74) is 0.825. The standard InChI is InChI=1S/C16H15ClN2O4/c17-14-10-12(19(22)23)6-7-13(14)16(21)18-15(8-9-20)11-4-2-1-3-5-11/h1-7,10,15,20H,8-9H2,(H,18,21). The van der Waals surface area contributed by atoms with Crippen molar-refractivity contribution in [3.05, 3.63) is 74.8 Å². The predicted molar refractivity (Wildman–Crippen MR) is 86.5 cm³/mol. The zero-order valence-corrected chi connectivity index (χ0v) is 12.9. The Bertz CT molecular complexity index is 706. The number of nitro benzene ring substituents is 1. The van der Waals surface area contributed by atoms with Crippen LogP contribution in [0.5, 0.6) is 0 Å². The lowest BCUT2D eigenvalue weighted by Crippen LogP contribution is -2.29. The lowest BCUT2D eigenvalue weighted by molar-refractivity contribution is -0.384. The molecule has 0 spiro atoms. The molecule has 0 aliphatic heterocycles. The minimum atomic E-state index is -0.577. The van der Waals surface area contributed by atoms with Crippen LogP contribution in [-0.2, 0) is 0 Å². The Morgan fingerprint density at radius 1 is 1.26 bits per heavy atom. The minimum Gasteiger partial charge on any atom is -0.396 e. The number of amides is 1. The predicted octanol–water partition coefficient (Wildman–Crippen LogP) is 3.10. The van der Waals surface area contributed by atoms with Gasteiger partial charge in [-0.25, -0.2) is 0 Å². The monoisotopic (exact) mass is 334 g/mol. The first-order valence-corrected chi connectivity index (χ1v) is 7.31. The Balaban J connectivity index is 2.20. The maximum atomic E-state index is 12.4. The molecule has 0 bridgehead atoms. The van der Waals surface area contributed by atoms with Gasteiger partial charge >= 0.3 is 0 Å². The number of nitro groups is 1. The number of aliphatic hydroxyl groups excluding tert-OH is 1. The summed E-state index contributed by atoms with van der Waals surface area (Å²) in [5.74, 6) is -0.452. The van der Waals surface area contributed by atoms with Crippen molar-refractivity contribution >= 4 is 23.2 Å². The molecule has 2 N–H and O–H groups in total. The van der Waals surface area contributed by atoms with Crippen LogP contribution in [0.25, 0.3) is 0 Å². The second-order valence-electron chi connectivity index (χ2n) is 4.87. The minimum absolute atomic E-state index is 0.00695. The SMILES string of the molecule is O=C(NC(CCO)c1ccccc1)c1ccc([N+](=O)[O-])cc1Cl. The van der Waals surface area contributed by atoms with E-state index in [4.69, 9.17) is 11.6 Å². The van der Waals surface area contributed by atoms with Crippen LogP contribution in [-0.4, -0.2) is 22.5 Å². The number of halogens is 1. The summed E-state index contributed by atoms with van der Waals surface area (Å²) in [6.07, 6.45) is 0.348. The van der Waals surface area contributed by atoms with Gasteiger partial charge in [-0.1, -0.05) is 41.9 Å². The van der Waals surface area contributed by atoms with Crippen LogP contribution >= 0.6 is 11.6 Å². The van der Waals surface area contributed by atoms with Gasteiger partial charge in [0, 0.05) is 18.7 Å². The average molecular weight is 335 g/mol. The highest BCUT2D eigenvalue weighted by atomic mass is 35.5. The van der Waals surface area contributed by atoms with Crippen LogP contribution < -0.4 is 5.32 Å². The molecule has 0 fully saturated rings. The van der Waals surface area contributed by atoms with E-state index < -0.39 is 10.8 Å². The Labute approximate surface area is 137 Å². The van der Waals surface area contributed by atoms with Crippen molar-refractivity contribution in [2.45, 2.75) is 12.5 Å². The van der Waals surface area contributed by atoms with Crippen LogP contribution in [0.3, 0.4) is 0 Å². The Morgan fingerprint density at radius 2 is 1.96 bits per heavy atom. The number of nitrogens with zero attached hydrogens (tertiary/aromatic N) is 1. The van der Waals surface area contributed by atoms with E-state index in [0.29, 0.717) is 6.42 Å². The third-order valence-corrected chi connectivity index (χ3v) is 3.65. The summed E-state index contributed by atoms with van der Waals surface area (Å²) in [5, 5.41) is 22.7. The second-order valence-corrected chi connectivity index (χ2v) is 5.28. The lowest BCUT2D eigenvalue weighted by atomic mass is 10.0. The van der Waals surface area contributed by atoms with Crippen molar-refractivity contribution in [2.24, 2.45) is 0 Å². The lowest BCUT2D eigenvalue weighted by Gasteiger charge is -2.18. The molecule has 2 rings (SSSR count). The van der Waals surface area contributed by atoms with Crippen LogP contribution in [0.15, 0.2) is 48.5 Å². The molecular weight excluding hydrogens is 320 g/mol. The summed E-state index contributed by atoms with van der Waals surface area (Å²) >= 11 is 5.96. The van der Waals surface area contributed by atoms with Crippen LogP contribution in [0.2, 0.25) is 5.02 Å². The van der Waals surface area contributed by atoms with Gasteiger partial charge in [-0.15, -0.1) is 0 Å². The van der Waals surface area contributed by atoms with E-state index in [1.54, 1.807) is 0 Å². The van der Waals surface area contributed by atoms with E-state index in [9.17, 15) is 20.0 Å². The topological polar surface area (TPSA) is 92.5 Å². The zero-order chi connectivity index (χ0) is 16.8. The molecule has 2 aromatic carbocycles. The first-order chi connectivity index (χ1) is 11.0. The molecule has 0 radical (unpaired) electrons. The van der Waals surface area contributed by atoms with Crippen molar-refractivity contribution in [3.63, 3.8) is 0 Å². The molecule has 1 unspecified atom stereocenters. The van der Waals surface area contributed by atoms with Gasteiger partial charge in [0.15, 0.2) is 0 Å². The van der Waals surface area contributed by atoms with Crippen molar-refractivity contribution in [2.75, 3.05) is 6.61 Å². The number of hydrogen-bond acceptors (Lipinski definition) is 4. The van der Waals surface area contributed by atoms with Crippen molar-refractivity contribution in [3.8, 4) is 0 Å². The number of non-ortho nitro benzene ring substituents is 1. The van der Waals surface area contributed by atoms with E-state index in [1.807, 2.05) is 30.3 Å². The molecule has 0 aromatic heterocycles. The fraction of sp³-hybridized carbons (Fsp3) is 0.188. The van der Waals surface area contributed by atoms with E-state index in [1.165, 1.54) is 12.1 Å². The first kappa shape index (κ1) is 16.9. The summed E-state index contributed by atoms with van der Waals surface area (Å²) < 4.78 is 0. The third kappa shape index (κ3) is 4.28. The molecule has 1 amide bonds. The Hall–Kier alpha value is -2.44. The van der Waals surface area contributed by atoms with Crippen molar-refractivity contribution in [1.29, 1.82) is 0 Å². The molecule has 23 heavy (non-hydrogen) atoms. The van der Waals surface area contributed by atoms with Gasteiger partial charge in [0.25, 0.3) is 11.6 Å².